The lowest BCUT2D eigenvalue weighted by Crippen LogP contribution is -2.38. The molecule has 0 saturated carbocycles. The molecule has 2 aromatic rings. The first-order valence-electron chi connectivity index (χ1n) is 9.78. The van der Waals surface area contributed by atoms with Gasteiger partial charge in [0.15, 0.2) is 0 Å². The Balaban J connectivity index is 2.36. The quantitative estimate of drug-likeness (QED) is 0.735. The Kier molecular flexibility index (Phi) is 7.31. The topological polar surface area (TPSA) is 77.8 Å². The second-order valence-corrected chi connectivity index (χ2v) is 8.21. The second-order valence-electron chi connectivity index (χ2n) is 8.21. The number of carbonyl (C=O) groups excluding carboxylic acids is 2. The summed E-state index contributed by atoms with van der Waals surface area (Å²) in [5.74, 6) is 0.756. The number of furan rings is 1. The highest BCUT2D eigenvalue weighted by atomic mass is 16.3. The summed E-state index contributed by atoms with van der Waals surface area (Å²) in [5.41, 5.74) is 2.07. The summed E-state index contributed by atoms with van der Waals surface area (Å²) in [4.78, 5) is 28.8. The van der Waals surface area contributed by atoms with E-state index in [0.29, 0.717) is 25.3 Å². The molecule has 1 heterocycles. The maximum absolute atomic E-state index is 13.1. The monoisotopic (exact) mass is 400 g/mol. The van der Waals surface area contributed by atoms with Crippen LogP contribution < -0.4 is 15.5 Å². The number of urea groups is 1. The van der Waals surface area contributed by atoms with Gasteiger partial charge in [-0.2, -0.15) is 0 Å². The van der Waals surface area contributed by atoms with Gasteiger partial charge in [0.25, 0.3) is 0 Å². The van der Waals surface area contributed by atoms with Crippen molar-refractivity contribution < 1.29 is 14.0 Å². The fourth-order valence-electron chi connectivity index (χ4n) is 3.03. The molecule has 2 N–H and O–H groups in total. The minimum Gasteiger partial charge on any atom is -0.467 e. The van der Waals surface area contributed by atoms with E-state index >= 15 is 0 Å². The van der Waals surface area contributed by atoms with E-state index in [4.69, 9.17) is 4.42 Å². The average molecular weight is 401 g/mol. The SMILES string of the molecule is CCNC(=O)Nc1ccc(N(C)C)c(CN(Cc2ccco2)C(=O)C(C)(C)C)c1. The van der Waals surface area contributed by atoms with Gasteiger partial charge in [-0.25, -0.2) is 4.79 Å². The van der Waals surface area contributed by atoms with Gasteiger partial charge >= 0.3 is 6.03 Å². The third-order valence-electron chi connectivity index (χ3n) is 4.37. The van der Waals surface area contributed by atoms with Crippen molar-refractivity contribution >= 4 is 23.3 Å². The molecule has 1 aromatic carbocycles. The van der Waals surface area contributed by atoms with E-state index in [0.717, 1.165) is 17.0 Å². The molecule has 158 valence electrons. The highest BCUT2D eigenvalue weighted by Crippen LogP contribution is 2.27. The van der Waals surface area contributed by atoms with E-state index in [1.807, 2.05) is 77.0 Å². The molecule has 7 heteroatoms. The van der Waals surface area contributed by atoms with Crippen LogP contribution in [-0.4, -0.2) is 37.5 Å². The molecule has 0 aliphatic heterocycles. The van der Waals surface area contributed by atoms with Crippen molar-refractivity contribution in [2.45, 2.75) is 40.8 Å². The lowest BCUT2D eigenvalue weighted by molar-refractivity contribution is -0.141. The number of benzene rings is 1. The zero-order valence-corrected chi connectivity index (χ0v) is 18.2. The highest BCUT2D eigenvalue weighted by Gasteiger charge is 2.28. The molecule has 0 aliphatic rings. The first kappa shape index (κ1) is 22.3. The van der Waals surface area contributed by atoms with Crippen molar-refractivity contribution in [2.24, 2.45) is 5.41 Å². The van der Waals surface area contributed by atoms with Crippen LogP contribution in [0, 0.1) is 5.41 Å². The molecule has 0 unspecified atom stereocenters. The molecule has 0 radical (unpaired) electrons. The Labute approximate surface area is 173 Å². The lowest BCUT2D eigenvalue weighted by Gasteiger charge is -2.30. The molecule has 2 rings (SSSR count). The number of hydrogen-bond acceptors (Lipinski definition) is 4. The largest absolute Gasteiger partial charge is 0.467 e. The van der Waals surface area contributed by atoms with Gasteiger partial charge in [-0.3, -0.25) is 4.79 Å². The summed E-state index contributed by atoms with van der Waals surface area (Å²) in [6, 6.07) is 9.14. The molecule has 0 aliphatic carbocycles. The standard InChI is InChI=1S/C22H32N4O3/c1-7-23-21(28)24-17-10-11-19(25(5)6)16(13-17)14-26(20(27)22(2,3)4)15-18-9-8-12-29-18/h8-13H,7,14-15H2,1-6H3,(H2,23,24,28). The van der Waals surface area contributed by atoms with E-state index < -0.39 is 5.41 Å². The van der Waals surface area contributed by atoms with Gasteiger partial charge in [-0.1, -0.05) is 20.8 Å². The first-order valence-corrected chi connectivity index (χ1v) is 9.78. The van der Waals surface area contributed by atoms with Crippen LogP contribution in [0.4, 0.5) is 16.2 Å². The maximum Gasteiger partial charge on any atom is 0.319 e. The zero-order valence-electron chi connectivity index (χ0n) is 18.2. The molecular weight excluding hydrogens is 368 g/mol. The predicted molar refractivity (Wildman–Crippen MR) is 116 cm³/mol. The average Bonchev–Trinajstić information content (AvgIpc) is 3.13. The number of carbonyl (C=O) groups is 2. The minimum absolute atomic E-state index is 0.0284. The maximum atomic E-state index is 13.1. The number of anilines is 2. The predicted octanol–water partition coefficient (Wildman–Crippen LogP) is 4.06. The Morgan fingerprint density at radius 2 is 1.83 bits per heavy atom. The van der Waals surface area contributed by atoms with Gasteiger partial charge in [-0.15, -0.1) is 0 Å². The molecule has 0 spiro atoms. The van der Waals surface area contributed by atoms with Crippen LogP contribution in [0.1, 0.15) is 39.0 Å². The number of amides is 3. The summed E-state index contributed by atoms with van der Waals surface area (Å²) in [5, 5.41) is 5.56. The molecule has 0 bridgehead atoms. The summed E-state index contributed by atoms with van der Waals surface area (Å²) in [7, 11) is 3.91. The van der Waals surface area contributed by atoms with Crippen LogP contribution in [0.25, 0.3) is 0 Å². The van der Waals surface area contributed by atoms with Crippen molar-refractivity contribution in [2.75, 3.05) is 30.9 Å². The number of hydrogen-bond donors (Lipinski definition) is 2. The fraction of sp³-hybridized carbons (Fsp3) is 0.455. The van der Waals surface area contributed by atoms with Gasteiger partial charge < -0.3 is 24.9 Å². The Morgan fingerprint density at radius 3 is 2.38 bits per heavy atom. The van der Waals surface area contributed by atoms with E-state index in [1.165, 1.54) is 0 Å². The van der Waals surface area contributed by atoms with Gasteiger partial charge in [0.2, 0.25) is 5.91 Å². The summed E-state index contributed by atoms with van der Waals surface area (Å²) in [6.45, 7) is 8.91. The van der Waals surface area contributed by atoms with E-state index in [9.17, 15) is 9.59 Å². The third kappa shape index (κ3) is 6.27. The minimum atomic E-state index is -0.526. The summed E-state index contributed by atoms with van der Waals surface area (Å²) in [6.07, 6.45) is 1.61. The normalized spacial score (nSPS) is 11.1. The van der Waals surface area contributed by atoms with E-state index in [2.05, 4.69) is 10.6 Å². The van der Waals surface area contributed by atoms with Gasteiger partial charge in [0.1, 0.15) is 5.76 Å². The molecule has 1 aromatic heterocycles. The fourth-order valence-corrected chi connectivity index (χ4v) is 3.03. The van der Waals surface area contributed by atoms with Gasteiger partial charge in [-0.05, 0) is 42.8 Å². The molecule has 29 heavy (non-hydrogen) atoms. The van der Waals surface area contributed by atoms with Crippen LogP contribution in [0.2, 0.25) is 0 Å². The van der Waals surface area contributed by atoms with E-state index in [-0.39, 0.29) is 11.9 Å². The molecular formula is C22H32N4O3. The summed E-state index contributed by atoms with van der Waals surface area (Å²) < 4.78 is 5.48. The van der Waals surface area contributed by atoms with Crippen molar-refractivity contribution in [1.82, 2.24) is 10.2 Å². The van der Waals surface area contributed by atoms with Crippen LogP contribution >= 0.6 is 0 Å². The molecule has 0 atom stereocenters. The van der Waals surface area contributed by atoms with Crippen LogP contribution in [0.3, 0.4) is 0 Å². The zero-order chi connectivity index (χ0) is 21.6. The van der Waals surface area contributed by atoms with Crippen LogP contribution in [0.15, 0.2) is 41.0 Å². The third-order valence-corrected chi connectivity index (χ3v) is 4.37. The van der Waals surface area contributed by atoms with Gasteiger partial charge in [0.05, 0.1) is 12.8 Å². The van der Waals surface area contributed by atoms with Crippen molar-refractivity contribution in [3.05, 3.63) is 47.9 Å². The summed E-state index contributed by atoms with van der Waals surface area (Å²) >= 11 is 0. The first-order chi connectivity index (χ1) is 13.6. The lowest BCUT2D eigenvalue weighted by atomic mass is 9.94. The van der Waals surface area contributed by atoms with Crippen LogP contribution in [-0.2, 0) is 17.9 Å². The van der Waals surface area contributed by atoms with Crippen molar-refractivity contribution in [3.8, 4) is 0 Å². The van der Waals surface area contributed by atoms with Crippen molar-refractivity contribution in [3.63, 3.8) is 0 Å². The second kappa shape index (κ2) is 9.49. The van der Waals surface area contributed by atoms with Crippen LogP contribution in [0.5, 0.6) is 0 Å². The Morgan fingerprint density at radius 1 is 1.10 bits per heavy atom. The van der Waals surface area contributed by atoms with E-state index in [1.54, 1.807) is 11.2 Å². The Bertz CT molecular complexity index is 823. The molecule has 0 saturated heterocycles. The number of rotatable bonds is 7. The van der Waals surface area contributed by atoms with Gasteiger partial charge in [0, 0.05) is 44.0 Å². The van der Waals surface area contributed by atoms with Crippen molar-refractivity contribution in [1.29, 1.82) is 0 Å². The molecule has 3 amide bonds. The highest BCUT2D eigenvalue weighted by molar-refractivity contribution is 5.89. The molecule has 7 nitrogen and oxygen atoms in total. The smallest absolute Gasteiger partial charge is 0.319 e. The Hall–Kier alpha value is -2.96. The number of nitrogens with zero attached hydrogens (tertiary/aromatic N) is 2. The molecule has 0 fully saturated rings. The number of nitrogens with one attached hydrogen (secondary N) is 2.